The van der Waals surface area contributed by atoms with Crippen LogP contribution in [0.5, 0.6) is 0 Å². The minimum absolute atomic E-state index is 0.235. The van der Waals surface area contributed by atoms with Gasteiger partial charge in [0.15, 0.2) is 5.82 Å². The van der Waals surface area contributed by atoms with Gasteiger partial charge < -0.3 is 9.47 Å². The highest BCUT2D eigenvalue weighted by Crippen LogP contribution is 2.25. The van der Waals surface area contributed by atoms with E-state index in [0.717, 1.165) is 27.9 Å². The SMILES string of the molecule is CCOC(=O)Cc1ccc(-c2ccc(-n3nnc(CC)c3NC(=O)O[C@H](C)c3ccccc3)cc2)cc1. The van der Waals surface area contributed by atoms with Crippen LogP contribution in [-0.4, -0.2) is 33.7 Å². The number of nitrogens with zero attached hydrogens (tertiary/aromatic N) is 3. The summed E-state index contributed by atoms with van der Waals surface area (Å²) in [6.45, 7) is 5.95. The number of hydrogen-bond acceptors (Lipinski definition) is 6. The van der Waals surface area contributed by atoms with Gasteiger partial charge in [-0.05, 0) is 54.7 Å². The van der Waals surface area contributed by atoms with Gasteiger partial charge in [-0.2, -0.15) is 4.68 Å². The predicted octanol–water partition coefficient (Wildman–Crippen LogP) is 5.91. The van der Waals surface area contributed by atoms with E-state index in [4.69, 9.17) is 9.47 Å². The Balaban J connectivity index is 1.48. The van der Waals surface area contributed by atoms with Gasteiger partial charge in [0.2, 0.25) is 0 Å². The van der Waals surface area contributed by atoms with Gasteiger partial charge in [-0.3, -0.25) is 10.1 Å². The third-order valence-electron chi connectivity index (χ3n) is 5.90. The standard InChI is InChI=1S/C29H30N4O4/c1-4-26-28(30-29(35)37-20(3)22-9-7-6-8-10-22)33(32-31-26)25-17-15-24(16-18-25)23-13-11-21(12-14-23)19-27(34)36-5-2/h6-18,20H,4-5,19H2,1-3H3,(H,30,35)/t20-/m1/s1. The second kappa shape index (κ2) is 12.0. The van der Waals surface area contributed by atoms with Crippen LogP contribution in [-0.2, 0) is 27.1 Å². The molecule has 8 nitrogen and oxygen atoms in total. The van der Waals surface area contributed by atoms with Gasteiger partial charge in [0.1, 0.15) is 11.8 Å². The Morgan fingerprint density at radius 2 is 1.57 bits per heavy atom. The molecule has 0 unspecified atom stereocenters. The highest BCUT2D eigenvalue weighted by Gasteiger charge is 2.19. The number of hydrogen-bond donors (Lipinski definition) is 1. The van der Waals surface area contributed by atoms with Crippen molar-refractivity contribution in [2.75, 3.05) is 11.9 Å². The predicted molar refractivity (Wildman–Crippen MR) is 141 cm³/mol. The van der Waals surface area contributed by atoms with Crippen LogP contribution >= 0.6 is 0 Å². The van der Waals surface area contributed by atoms with Crippen LogP contribution in [0, 0.1) is 0 Å². The quantitative estimate of drug-likeness (QED) is 0.288. The van der Waals surface area contributed by atoms with E-state index in [9.17, 15) is 9.59 Å². The number of aromatic nitrogens is 3. The van der Waals surface area contributed by atoms with E-state index in [1.54, 1.807) is 11.6 Å². The number of aryl methyl sites for hydroxylation is 1. The number of nitrogens with one attached hydrogen (secondary N) is 1. The van der Waals surface area contributed by atoms with Crippen LogP contribution in [0.2, 0.25) is 0 Å². The summed E-state index contributed by atoms with van der Waals surface area (Å²) in [7, 11) is 0. The molecular formula is C29H30N4O4. The summed E-state index contributed by atoms with van der Waals surface area (Å²) >= 11 is 0. The monoisotopic (exact) mass is 498 g/mol. The van der Waals surface area contributed by atoms with Crippen molar-refractivity contribution in [1.29, 1.82) is 0 Å². The normalized spacial score (nSPS) is 11.5. The summed E-state index contributed by atoms with van der Waals surface area (Å²) in [6.07, 6.45) is -0.130. The second-order valence-electron chi connectivity index (χ2n) is 8.46. The summed E-state index contributed by atoms with van der Waals surface area (Å²) < 4.78 is 12.2. The number of carbonyl (C=O) groups excluding carboxylic acids is 2. The maximum atomic E-state index is 12.7. The summed E-state index contributed by atoms with van der Waals surface area (Å²) in [4.78, 5) is 24.4. The van der Waals surface area contributed by atoms with Crippen molar-refractivity contribution in [2.24, 2.45) is 0 Å². The number of ether oxygens (including phenoxy) is 2. The number of esters is 1. The van der Waals surface area contributed by atoms with Crippen molar-refractivity contribution in [1.82, 2.24) is 15.0 Å². The molecule has 0 spiro atoms. The van der Waals surface area contributed by atoms with E-state index in [2.05, 4.69) is 15.6 Å². The fraction of sp³-hybridized carbons (Fsp3) is 0.241. The molecule has 0 aliphatic carbocycles. The van der Waals surface area contributed by atoms with Gasteiger partial charge in [0, 0.05) is 0 Å². The first-order valence-corrected chi connectivity index (χ1v) is 12.3. The van der Waals surface area contributed by atoms with E-state index >= 15 is 0 Å². The molecular weight excluding hydrogens is 468 g/mol. The summed E-state index contributed by atoms with van der Waals surface area (Å²) in [5.74, 6) is 0.241. The van der Waals surface area contributed by atoms with Crippen LogP contribution in [0.15, 0.2) is 78.9 Å². The minimum atomic E-state index is -0.575. The zero-order valence-electron chi connectivity index (χ0n) is 21.2. The van der Waals surface area contributed by atoms with Gasteiger partial charge in [0.25, 0.3) is 0 Å². The first-order chi connectivity index (χ1) is 18.0. The summed E-state index contributed by atoms with van der Waals surface area (Å²) in [5, 5.41) is 11.3. The molecule has 4 aromatic rings. The molecule has 0 fully saturated rings. The third kappa shape index (κ3) is 6.41. The third-order valence-corrected chi connectivity index (χ3v) is 5.90. The lowest BCUT2D eigenvalue weighted by molar-refractivity contribution is -0.142. The molecule has 1 atom stereocenters. The lowest BCUT2D eigenvalue weighted by Crippen LogP contribution is -2.19. The zero-order chi connectivity index (χ0) is 26.2. The molecule has 3 aromatic carbocycles. The van der Waals surface area contributed by atoms with Gasteiger partial charge in [-0.15, -0.1) is 5.10 Å². The summed E-state index contributed by atoms with van der Waals surface area (Å²) in [6, 6.07) is 25.1. The lowest BCUT2D eigenvalue weighted by atomic mass is 10.0. The van der Waals surface area contributed by atoms with Crippen molar-refractivity contribution in [2.45, 2.75) is 39.7 Å². The molecule has 1 N–H and O–H groups in total. The molecule has 0 aliphatic heterocycles. The van der Waals surface area contributed by atoms with Crippen LogP contribution in [0.3, 0.4) is 0 Å². The Morgan fingerprint density at radius 1 is 0.919 bits per heavy atom. The van der Waals surface area contributed by atoms with E-state index in [1.807, 2.05) is 92.7 Å². The lowest BCUT2D eigenvalue weighted by Gasteiger charge is -2.15. The Labute approximate surface area is 216 Å². The largest absolute Gasteiger partial charge is 0.466 e. The highest BCUT2D eigenvalue weighted by atomic mass is 16.6. The Kier molecular flexibility index (Phi) is 8.30. The molecule has 0 saturated heterocycles. The van der Waals surface area contributed by atoms with Crippen LogP contribution in [0.25, 0.3) is 16.8 Å². The molecule has 37 heavy (non-hydrogen) atoms. The average Bonchev–Trinajstić information content (AvgIpc) is 3.32. The van der Waals surface area contributed by atoms with Crippen molar-refractivity contribution >= 4 is 17.9 Å². The van der Waals surface area contributed by atoms with Crippen molar-refractivity contribution in [3.8, 4) is 16.8 Å². The Bertz CT molecular complexity index is 1330. The molecule has 1 amide bonds. The first kappa shape index (κ1) is 25.6. The molecule has 0 aliphatic rings. The van der Waals surface area contributed by atoms with Gasteiger partial charge in [-0.1, -0.05) is 78.9 Å². The van der Waals surface area contributed by atoms with Gasteiger partial charge in [-0.25, -0.2) is 4.79 Å². The van der Waals surface area contributed by atoms with E-state index < -0.39 is 12.2 Å². The Hall–Kier alpha value is -4.46. The van der Waals surface area contributed by atoms with Crippen molar-refractivity contribution in [3.63, 3.8) is 0 Å². The van der Waals surface area contributed by atoms with Crippen molar-refractivity contribution in [3.05, 3.63) is 95.7 Å². The Morgan fingerprint density at radius 3 is 2.19 bits per heavy atom. The van der Waals surface area contributed by atoms with Gasteiger partial charge in [0.05, 0.1) is 18.7 Å². The first-order valence-electron chi connectivity index (χ1n) is 12.3. The van der Waals surface area contributed by atoms with Crippen LogP contribution in [0.4, 0.5) is 10.6 Å². The smallest absolute Gasteiger partial charge is 0.413 e. The fourth-order valence-electron chi connectivity index (χ4n) is 3.92. The van der Waals surface area contributed by atoms with E-state index in [0.29, 0.717) is 24.5 Å². The topological polar surface area (TPSA) is 95.3 Å². The van der Waals surface area contributed by atoms with E-state index in [1.165, 1.54) is 0 Å². The molecule has 0 saturated carbocycles. The number of amides is 1. The fourth-order valence-corrected chi connectivity index (χ4v) is 3.92. The molecule has 4 rings (SSSR count). The van der Waals surface area contributed by atoms with E-state index in [-0.39, 0.29) is 12.4 Å². The maximum absolute atomic E-state index is 12.7. The number of carbonyl (C=O) groups is 2. The number of anilines is 1. The average molecular weight is 499 g/mol. The summed E-state index contributed by atoms with van der Waals surface area (Å²) in [5.41, 5.74) is 5.24. The van der Waals surface area contributed by atoms with Crippen LogP contribution < -0.4 is 5.32 Å². The molecule has 1 heterocycles. The molecule has 0 radical (unpaired) electrons. The van der Waals surface area contributed by atoms with Crippen molar-refractivity contribution < 1.29 is 19.1 Å². The molecule has 1 aromatic heterocycles. The molecule has 8 heteroatoms. The molecule has 0 bridgehead atoms. The zero-order valence-corrected chi connectivity index (χ0v) is 21.2. The number of benzene rings is 3. The number of rotatable bonds is 9. The minimum Gasteiger partial charge on any atom is -0.466 e. The molecule has 190 valence electrons. The van der Waals surface area contributed by atoms with Crippen LogP contribution in [0.1, 0.15) is 43.7 Å². The highest BCUT2D eigenvalue weighted by molar-refractivity contribution is 5.84. The maximum Gasteiger partial charge on any atom is 0.413 e. The second-order valence-corrected chi connectivity index (χ2v) is 8.46. The van der Waals surface area contributed by atoms with Gasteiger partial charge >= 0.3 is 12.1 Å².